The summed E-state index contributed by atoms with van der Waals surface area (Å²) < 4.78 is 10.9. The predicted octanol–water partition coefficient (Wildman–Crippen LogP) is 6.31. The zero-order chi connectivity index (χ0) is 31.9. The topological polar surface area (TPSA) is 154 Å². The van der Waals surface area contributed by atoms with Crippen LogP contribution in [-0.4, -0.2) is 52.1 Å². The first-order chi connectivity index (χ1) is 22.2. The highest BCUT2D eigenvalue weighted by molar-refractivity contribution is 6.31. The molecule has 0 spiro atoms. The van der Waals surface area contributed by atoms with Gasteiger partial charge in [-0.3, -0.25) is 0 Å². The minimum Gasteiger partial charge on any atom is -0.505 e. The Labute approximate surface area is 268 Å². The van der Waals surface area contributed by atoms with Crippen LogP contribution >= 0.6 is 23.2 Å². The number of carbonyl (C=O) groups is 2. The summed E-state index contributed by atoms with van der Waals surface area (Å²) in [7, 11) is 0. The van der Waals surface area contributed by atoms with E-state index in [0.717, 1.165) is 0 Å². The van der Waals surface area contributed by atoms with E-state index in [0.29, 0.717) is 32.1 Å². The van der Waals surface area contributed by atoms with E-state index in [-0.39, 0.29) is 45.5 Å². The zero-order valence-electron chi connectivity index (χ0n) is 23.2. The summed E-state index contributed by atoms with van der Waals surface area (Å²) in [6, 6.07) is 24.3. The molecule has 46 heavy (non-hydrogen) atoms. The van der Waals surface area contributed by atoms with Gasteiger partial charge in [-0.25, -0.2) is 9.59 Å². The van der Waals surface area contributed by atoms with E-state index in [4.69, 9.17) is 32.7 Å². The first kappa shape index (κ1) is 28.8. The van der Waals surface area contributed by atoms with Gasteiger partial charge in [-0.15, -0.1) is 30.0 Å². The van der Waals surface area contributed by atoms with Crippen molar-refractivity contribution in [3.8, 4) is 34.4 Å². The monoisotopic (exact) mass is 652 g/mol. The molecular weight excluding hydrogens is 635 g/mol. The molecule has 0 saturated heterocycles. The summed E-state index contributed by atoms with van der Waals surface area (Å²) >= 11 is 12.0. The van der Waals surface area contributed by atoms with Gasteiger partial charge in [0.1, 0.15) is 56.4 Å². The van der Waals surface area contributed by atoms with Crippen LogP contribution < -0.4 is 9.47 Å². The van der Waals surface area contributed by atoms with Gasteiger partial charge < -0.3 is 19.7 Å². The number of carbonyl (C=O) groups excluding carboxylic acids is 2. The molecule has 0 unspecified atom stereocenters. The fourth-order valence-corrected chi connectivity index (χ4v) is 4.96. The van der Waals surface area contributed by atoms with E-state index in [1.165, 1.54) is 58.1 Å². The third-order valence-corrected chi connectivity index (χ3v) is 7.27. The van der Waals surface area contributed by atoms with E-state index >= 15 is 0 Å². The predicted molar refractivity (Wildman–Crippen MR) is 167 cm³/mol. The molecule has 2 N–H and O–H groups in total. The van der Waals surface area contributed by atoms with Crippen molar-refractivity contribution < 1.29 is 29.3 Å². The van der Waals surface area contributed by atoms with Crippen molar-refractivity contribution in [1.82, 2.24) is 30.0 Å². The number of esters is 2. The average molecular weight is 653 g/mol. The van der Waals surface area contributed by atoms with Crippen LogP contribution in [0, 0.1) is 0 Å². The number of phenolic OH excluding ortho intramolecular Hbond substituents is 2. The lowest BCUT2D eigenvalue weighted by molar-refractivity contribution is 0.0691. The van der Waals surface area contributed by atoms with Gasteiger partial charge >= 0.3 is 11.9 Å². The minimum atomic E-state index is -0.868. The number of benzene rings is 5. The van der Waals surface area contributed by atoms with Gasteiger partial charge in [0.25, 0.3) is 0 Å². The third-order valence-electron chi connectivity index (χ3n) is 6.80. The molecule has 0 radical (unpaired) electrons. The number of hydrogen-bond acceptors (Lipinski definition) is 10. The molecule has 2 aromatic heterocycles. The molecule has 7 rings (SSSR count). The van der Waals surface area contributed by atoms with Crippen molar-refractivity contribution in [2.75, 3.05) is 0 Å². The first-order valence-corrected chi connectivity index (χ1v) is 14.2. The molecule has 0 aliphatic rings. The Morgan fingerprint density at radius 2 is 0.957 bits per heavy atom. The van der Waals surface area contributed by atoms with Crippen LogP contribution in [-0.2, 0) is 0 Å². The molecule has 5 aromatic carbocycles. The molecule has 0 aliphatic heterocycles. The molecule has 14 heteroatoms. The molecule has 12 nitrogen and oxygen atoms in total. The lowest BCUT2D eigenvalue weighted by Crippen LogP contribution is -2.17. The van der Waals surface area contributed by atoms with Crippen LogP contribution in [0.4, 0.5) is 0 Å². The van der Waals surface area contributed by atoms with Crippen molar-refractivity contribution in [3.63, 3.8) is 0 Å². The average Bonchev–Trinajstić information content (AvgIpc) is 3.64. The first-order valence-electron chi connectivity index (χ1n) is 13.5. The number of phenols is 2. The molecule has 0 aliphatic carbocycles. The standard InChI is InChI=1S/C32H18Cl2N6O6/c33-17-5-9-23-25(13-17)37-39(35-23)27-11-7-19(15-29(27)41)45-31(43)21-3-1-2-4-22(21)32(44)46-20-8-12-28(30(42)16-20)40-36-24-10-6-18(34)14-26(24)38-40/h1-16,41-42H. The van der Waals surface area contributed by atoms with E-state index in [1.54, 1.807) is 48.5 Å². The number of nitrogens with zero attached hydrogens (tertiary/aromatic N) is 6. The third kappa shape index (κ3) is 5.54. The van der Waals surface area contributed by atoms with Crippen molar-refractivity contribution in [2.24, 2.45) is 0 Å². The van der Waals surface area contributed by atoms with E-state index < -0.39 is 11.9 Å². The summed E-state index contributed by atoms with van der Waals surface area (Å²) in [5, 5.41) is 39.6. The van der Waals surface area contributed by atoms with Gasteiger partial charge in [0, 0.05) is 22.2 Å². The van der Waals surface area contributed by atoms with Crippen molar-refractivity contribution in [2.45, 2.75) is 0 Å². The summed E-state index contributed by atoms with van der Waals surface area (Å²) in [6.45, 7) is 0. The number of rotatable bonds is 6. The Morgan fingerprint density at radius 3 is 1.37 bits per heavy atom. The van der Waals surface area contributed by atoms with Crippen molar-refractivity contribution in [1.29, 1.82) is 0 Å². The van der Waals surface area contributed by atoms with E-state index in [2.05, 4.69) is 20.4 Å². The fourth-order valence-electron chi connectivity index (χ4n) is 4.63. The molecule has 0 bridgehead atoms. The minimum absolute atomic E-state index is 0.0110. The summed E-state index contributed by atoms with van der Waals surface area (Å²) in [5.41, 5.74) is 2.53. The van der Waals surface area contributed by atoms with Crippen LogP contribution in [0.15, 0.2) is 97.1 Å². The molecular formula is C32H18Cl2N6O6. The van der Waals surface area contributed by atoms with E-state index in [9.17, 15) is 19.8 Å². The van der Waals surface area contributed by atoms with Gasteiger partial charge in [0.15, 0.2) is 0 Å². The van der Waals surface area contributed by atoms with E-state index in [1.807, 2.05) is 0 Å². The van der Waals surface area contributed by atoms with Gasteiger partial charge in [0.2, 0.25) is 0 Å². The second-order valence-corrected chi connectivity index (χ2v) is 10.7. The maximum absolute atomic E-state index is 13.1. The Balaban J connectivity index is 1.08. The van der Waals surface area contributed by atoms with Gasteiger partial charge in [-0.2, -0.15) is 0 Å². The number of hydrogen-bond donors (Lipinski definition) is 2. The maximum atomic E-state index is 13.1. The molecule has 2 heterocycles. The number of fused-ring (bicyclic) bond motifs is 2. The zero-order valence-corrected chi connectivity index (χ0v) is 24.7. The molecule has 0 amide bonds. The number of aromatic hydroxyl groups is 2. The lowest BCUT2D eigenvalue weighted by atomic mass is 10.1. The normalized spacial score (nSPS) is 11.2. The second kappa shape index (κ2) is 11.5. The largest absolute Gasteiger partial charge is 0.505 e. The van der Waals surface area contributed by atoms with Crippen LogP contribution in [0.2, 0.25) is 10.0 Å². The highest BCUT2D eigenvalue weighted by atomic mass is 35.5. The van der Waals surface area contributed by atoms with Gasteiger partial charge in [0.05, 0.1) is 11.1 Å². The van der Waals surface area contributed by atoms with Crippen LogP contribution in [0.25, 0.3) is 33.4 Å². The molecule has 0 atom stereocenters. The van der Waals surface area contributed by atoms with Crippen molar-refractivity contribution >= 4 is 57.2 Å². The van der Waals surface area contributed by atoms with Crippen LogP contribution in [0.5, 0.6) is 23.0 Å². The molecule has 7 aromatic rings. The molecule has 0 fully saturated rings. The Morgan fingerprint density at radius 1 is 0.543 bits per heavy atom. The SMILES string of the molecule is O=C(Oc1ccc(-n2nc3ccc(Cl)cc3n2)c(O)c1)c1ccccc1C(=O)Oc1ccc(-n2nc3ccc(Cl)cc3n2)c(O)c1. The fraction of sp³-hybridized carbons (Fsp3) is 0. The smallest absolute Gasteiger partial charge is 0.344 e. The number of halogens is 2. The highest BCUT2D eigenvalue weighted by Crippen LogP contribution is 2.30. The summed E-state index contributed by atoms with van der Waals surface area (Å²) in [5.74, 6) is -2.22. The Kier molecular flexibility index (Phi) is 7.20. The van der Waals surface area contributed by atoms with Crippen molar-refractivity contribution in [3.05, 3.63) is 118 Å². The summed E-state index contributed by atoms with van der Waals surface area (Å²) in [6.07, 6.45) is 0. The molecule has 226 valence electrons. The second-order valence-electron chi connectivity index (χ2n) is 9.87. The Hall–Kier alpha value is -5.98. The quantitative estimate of drug-likeness (QED) is 0.154. The summed E-state index contributed by atoms with van der Waals surface area (Å²) in [4.78, 5) is 28.8. The van der Waals surface area contributed by atoms with Crippen LogP contribution in [0.1, 0.15) is 20.7 Å². The van der Waals surface area contributed by atoms with Gasteiger partial charge in [-0.1, -0.05) is 35.3 Å². The van der Waals surface area contributed by atoms with Gasteiger partial charge in [-0.05, 0) is 72.8 Å². The molecule has 0 saturated carbocycles. The lowest BCUT2D eigenvalue weighted by Gasteiger charge is -2.11. The number of aromatic nitrogens is 6. The van der Waals surface area contributed by atoms with Crippen LogP contribution in [0.3, 0.4) is 0 Å². The number of ether oxygens (including phenoxy) is 2. The maximum Gasteiger partial charge on any atom is 0.344 e. The highest BCUT2D eigenvalue weighted by Gasteiger charge is 2.22. The Bertz CT molecular complexity index is 2170.